The van der Waals surface area contributed by atoms with Crippen LogP contribution in [0.3, 0.4) is 0 Å². The van der Waals surface area contributed by atoms with E-state index >= 15 is 0 Å². The molecule has 1 unspecified atom stereocenters. The third-order valence-corrected chi connectivity index (χ3v) is 3.74. The van der Waals surface area contributed by atoms with Crippen LogP contribution in [0.5, 0.6) is 0 Å². The summed E-state index contributed by atoms with van der Waals surface area (Å²) in [6.07, 6.45) is 4.91. The molecule has 78 valence electrons. The van der Waals surface area contributed by atoms with E-state index in [-0.39, 0.29) is 5.54 Å². The van der Waals surface area contributed by atoms with Crippen LogP contribution < -0.4 is 9.88 Å². The lowest BCUT2D eigenvalue weighted by molar-refractivity contribution is -0.750. The SMILES string of the molecule is CC(C)(C)[n+]1csc(C2CCCN2)c1. The third kappa shape index (κ3) is 1.98. The second-order valence-corrected chi connectivity index (χ2v) is 5.90. The molecule has 0 aliphatic carbocycles. The fourth-order valence-electron chi connectivity index (χ4n) is 1.77. The van der Waals surface area contributed by atoms with Crippen LogP contribution in [-0.4, -0.2) is 6.54 Å². The van der Waals surface area contributed by atoms with Crippen LogP contribution in [0.15, 0.2) is 11.7 Å². The molecule has 0 aromatic carbocycles. The first kappa shape index (κ1) is 10.1. The molecular weight excluding hydrogens is 192 g/mol. The zero-order valence-corrected chi connectivity index (χ0v) is 10.0. The van der Waals surface area contributed by atoms with Gasteiger partial charge in [0.1, 0.15) is 0 Å². The summed E-state index contributed by atoms with van der Waals surface area (Å²) in [5, 5.41) is 3.53. The largest absolute Gasteiger partial charge is 0.309 e. The lowest BCUT2D eigenvalue weighted by Crippen LogP contribution is -2.48. The van der Waals surface area contributed by atoms with Crippen molar-refractivity contribution in [2.45, 2.75) is 45.2 Å². The molecule has 1 aromatic heterocycles. The third-order valence-electron chi connectivity index (χ3n) is 2.75. The highest BCUT2D eigenvalue weighted by atomic mass is 32.1. The van der Waals surface area contributed by atoms with Gasteiger partial charge in [-0.25, -0.2) is 0 Å². The molecule has 1 atom stereocenters. The number of hydrogen-bond acceptors (Lipinski definition) is 2. The van der Waals surface area contributed by atoms with Crippen LogP contribution in [0, 0.1) is 0 Å². The van der Waals surface area contributed by atoms with Gasteiger partial charge in [0.2, 0.25) is 5.51 Å². The summed E-state index contributed by atoms with van der Waals surface area (Å²) < 4.78 is 2.31. The Morgan fingerprint density at radius 1 is 1.50 bits per heavy atom. The predicted molar refractivity (Wildman–Crippen MR) is 59.5 cm³/mol. The van der Waals surface area contributed by atoms with Crippen LogP contribution >= 0.6 is 11.3 Å². The molecule has 0 bridgehead atoms. The van der Waals surface area contributed by atoms with Crippen LogP contribution in [0.25, 0.3) is 0 Å². The average Bonchev–Trinajstić information content (AvgIpc) is 2.73. The molecule has 0 radical (unpaired) electrons. The van der Waals surface area contributed by atoms with Gasteiger partial charge in [-0.2, -0.15) is 4.57 Å². The van der Waals surface area contributed by atoms with Crippen molar-refractivity contribution in [1.29, 1.82) is 0 Å². The number of aromatic nitrogens is 1. The van der Waals surface area contributed by atoms with Crippen LogP contribution in [-0.2, 0) is 5.54 Å². The Labute approximate surface area is 90.0 Å². The molecule has 2 rings (SSSR count). The highest BCUT2D eigenvalue weighted by Gasteiger charge is 2.26. The van der Waals surface area contributed by atoms with Gasteiger partial charge >= 0.3 is 0 Å². The molecule has 1 N–H and O–H groups in total. The first-order valence-electron chi connectivity index (χ1n) is 5.31. The minimum atomic E-state index is 0.216. The minimum absolute atomic E-state index is 0.216. The molecule has 2 heterocycles. The summed E-state index contributed by atoms with van der Waals surface area (Å²) in [5.74, 6) is 0. The molecule has 3 heteroatoms. The van der Waals surface area contributed by atoms with Gasteiger partial charge in [0.15, 0.2) is 11.7 Å². The number of rotatable bonds is 1. The Kier molecular flexibility index (Phi) is 2.62. The summed E-state index contributed by atoms with van der Waals surface area (Å²) in [6, 6.07) is 0.614. The average molecular weight is 211 g/mol. The van der Waals surface area contributed by atoms with Gasteiger partial charge in [-0.3, -0.25) is 0 Å². The van der Waals surface area contributed by atoms with E-state index < -0.39 is 0 Å². The topological polar surface area (TPSA) is 15.9 Å². The molecule has 2 nitrogen and oxygen atoms in total. The van der Waals surface area contributed by atoms with Gasteiger partial charge in [-0.1, -0.05) is 11.3 Å². The maximum Gasteiger partial charge on any atom is 0.225 e. The fraction of sp³-hybridized carbons (Fsp3) is 0.727. The maximum absolute atomic E-state index is 3.53. The van der Waals surface area contributed by atoms with Crippen molar-refractivity contribution in [3.8, 4) is 0 Å². The van der Waals surface area contributed by atoms with E-state index in [0.717, 1.165) is 0 Å². The van der Waals surface area contributed by atoms with Crippen molar-refractivity contribution in [2.24, 2.45) is 0 Å². The lowest BCUT2D eigenvalue weighted by atomic mass is 10.1. The molecule has 0 amide bonds. The summed E-state index contributed by atoms with van der Waals surface area (Å²) in [5.41, 5.74) is 2.45. The van der Waals surface area contributed by atoms with E-state index in [0.29, 0.717) is 6.04 Å². The standard InChI is InChI=1S/C11H19N2S/c1-11(2,3)13-7-10(14-8-13)9-5-4-6-12-9/h7-9,12H,4-6H2,1-3H3/q+1. The molecule has 14 heavy (non-hydrogen) atoms. The van der Waals surface area contributed by atoms with E-state index in [4.69, 9.17) is 0 Å². The van der Waals surface area contributed by atoms with Crippen LogP contribution in [0.1, 0.15) is 44.5 Å². The molecule has 0 spiro atoms. The van der Waals surface area contributed by atoms with Crippen LogP contribution in [0.4, 0.5) is 0 Å². The van der Waals surface area contributed by atoms with Crippen molar-refractivity contribution in [3.05, 3.63) is 16.6 Å². The summed E-state index contributed by atoms with van der Waals surface area (Å²) in [7, 11) is 0. The minimum Gasteiger partial charge on any atom is -0.309 e. The van der Waals surface area contributed by atoms with E-state index in [9.17, 15) is 0 Å². The Morgan fingerprint density at radius 3 is 2.79 bits per heavy atom. The van der Waals surface area contributed by atoms with Crippen molar-refractivity contribution < 1.29 is 4.57 Å². The molecule has 1 aromatic rings. The zero-order chi connectivity index (χ0) is 10.2. The molecule has 1 saturated heterocycles. The first-order valence-corrected chi connectivity index (χ1v) is 6.19. The zero-order valence-electron chi connectivity index (χ0n) is 9.21. The van der Waals surface area contributed by atoms with E-state index in [2.05, 4.69) is 42.4 Å². The number of nitrogens with one attached hydrogen (secondary N) is 1. The summed E-state index contributed by atoms with van der Waals surface area (Å²) in [4.78, 5) is 1.48. The van der Waals surface area contributed by atoms with Crippen molar-refractivity contribution in [1.82, 2.24) is 5.32 Å². The van der Waals surface area contributed by atoms with Crippen molar-refractivity contribution >= 4 is 11.3 Å². The summed E-state index contributed by atoms with van der Waals surface area (Å²) in [6.45, 7) is 7.90. The Balaban J connectivity index is 2.17. The second kappa shape index (κ2) is 3.63. The van der Waals surface area contributed by atoms with Crippen LogP contribution in [0.2, 0.25) is 0 Å². The van der Waals surface area contributed by atoms with Gasteiger partial charge in [-0.15, -0.1) is 0 Å². The Hall–Kier alpha value is -0.410. The molecule has 0 saturated carbocycles. The van der Waals surface area contributed by atoms with Crippen molar-refractivity contribution in [3.63, 3.8) is 0 Å². The Morgan fingerprint density at radius 2 is 2.29 bits per heavy atom. The normalized spacial score (nSPS) is 22.9. The highest BCUT2D eigenvalue weighted by Crippen LogP contribution is 2.25. The predicted octanol–water partition coefficient (Wildman–Crippen LogP) is 2.22. The second-order valence-electron chi connectivity index (χ2n) is 4.98. The number of hydrogen-bond donors (Lipinski definition) is 1. The van der Waals surface area contributed by atoms with Gasteiger partial charge in [0.25, 0.3) is 0 Å². The van der Waals surface area contributed by atoms with Crippen molar-refractivity contribution in [2.75, 3.05) is 6.54 Å². The van der Waals surface area contributed by atoms with E-state index in [1.807, 2.05) is 11.3 Å². The molecule has 1 aliphatic heterocycles. The van der Waals surface area contributed by atoms with Gasteiger partial charge in [0.05, 0.1) is 4.88 Å². The smallest absolute Gasteiger partial charge is 0.225 e. The van der Waals surface area contributed by atoms with Gasteiger partial charge < -0.3 is 5.32 Å². The molecule has 1 aliphatic rings. The van der Waals surface area contributed by atoms with E-state index in [1.165, 1.54) is 24.3 Å². The Bertz CT molecular complexity index is 305. The molecule has 1 fully saturated rings. The lowest BCUT2D eigenvalue weighted by Gasteiger charge is -2.09. The molecular formula is C11H19N2S+. The van der Waals surface area contributed by atoms with E-state index in [1.54, 1.807) is 0 Å². The fourth-order valence-corrected chi connectivity index (χ4v) is 2.92. The highest BCUT2D eigenvalue weighted by molar-refractivity contribution is 7.09. The summed E-state index contributed by atoms with van der Waals surface area (Å²) >= 11 is 1.87. The monoisotopic (exact) mass is 211 g/mol. The number of thiazole rings is 1. The van der Waals surface area contributed by atoms with Gasteiger partial charge in [0, 0.05) is 26.8 Å². The maximum atomic E-state index is 3.53. The first-order chi connectivity index (χ1) is 6.57. The number of nitrogens with zero attached hydrogens (tertiary/aromatic N) is 1. The van der Waals surface area contributed by atoms with Gasteiger partial charge in [-0.05, 0) is 19.4 Å². The quantitative estimate of drug-likeness (QED) is 0.704.